The lowest BCUT2D eigenvalue weighted by atomic mass is 10.1. The lowest BCUT2D eigenvalue weighted by Gasteiger charge is -2.10. The fourth-order valence-electron chi connectivity index (χ4n) is 2.48. The number of nitrogen functional groups attached to an aromatic ring is 1. The van der Waals surface area contributed by atoms with E-state index in [2.05, 4.69) is 47.4 Å². The average molecular weight is 511 g/mol. The van der Waals surface area contributed by atoms with E-state index in [9.17, 15) is 4.79 Å². The van der Waals surface area contributed by atoms with Crippen molar-refractivity contribution in [3.05, 3.63) is 56.5 Å². The first-order valence-electron chi connectivity index (χ1n) is 8.01. The third-order valence-corrected chi connectivity index (χ3v) is 5.92. The fourth-order valence-corrected chi connectivity index (χ4v) is 4.75. The van der Waals surface area contributed by atoms with Gasteiger partial charge in [0.05, 0.1) is 11.4 Å². The molecule has 140 valence electrons. The van der Waals surface area contributed by atoms with Crippen LogP contribution in [0.25, 0.3) is 11.4 Å². The predicted octanol–water partition coefficient (Wildman–Crippen LogP) is 4.53. The molecular formula is C18H17Br2N5OS. The van der Waals surface area contributed by atoms with Gasteiger partial charge in [-0.1, -0.05) is 35.5 Å². The topological polar surface area (TPSA) is 85.8 Å². The summed E-state index contributed by atoms with van der Waals surface area (Å²) < 4.78 is 3.04. The van der Waals surface area contributed by atoms with Crippen molar-refractivity contribution in [2.75, 3.05) is 16.9 Å². The van der Waals surface area contributed by atoms with E-state index in [1.54, 1.807) is 0 Å². The van der Waals surface area contributed by atoms with Gasteiger partial charge in [0.1, 0.15) is 0 Å². The van der Waals surface area contributed by atoms with E-state index in [4.69, 9.17) is 5.84 Å². The Bertz CT molecular complexity index is 982. The van der Waals surface area contributed by atoms with Gasteiger partial charge >= 0.3 is 0 Å². The van der Waals surface area contributed by atoms with Crippen LogP contribution in [0.5, 0.6) is 0 Å². The number of amides is 1. The molecule has 2 aromatic carbocycles. The van der Waals surface area contributed by atoms with Gasteiger partial charge in [-0.2, -0.15) is 0 Å². The maximum absolute atomic E-state index is 12.3. The van der Waals surface area contributed by atoms with Gasteiger partial charge in [0.2, 0.25) is 11.1 Å². The minimum Gasteiger partial charge on any atom is -0.335 e. The van der Waals surface area contributed by atoms with Crippen molar-refractivity contribution in [3.63, 3.8) is 0 Å². The van der Waals surface area contributed by atoms with Crippen LogP contribution in [0.2, 0.25) is 0 Å². The molecule has 0 saturated carbocycles. The molecule has 0 saturated heterocycles. The second kappa shape index (κ2) is 8.45. The molecule has 0 radical (unpaired) electrons. The summed E-state index contributed by atoms with van der Waals surface area (Å²) in [6.07, 6.45) is 0. The minimum absolute atomic E-state index is 0.162. The largest absolute Gasteiger partial charge is 0.335 e. The highest BCUT2D eigenvalue weighted by molar-refractivity contribution is 9.11. The molecule has 0 aliphatic rings. The zero-order chi connectivity index (χ0) is 19.6. The normalized spacial score (nSPS) is 10.8. The number of thioether (sulfide) groups is 1. The molecule has 0 unspecified atom stereocenters. The maximum atomic E-state index is 12.3. The SMILES string of the molecule is Cc1cccc(-c2nnc(SCC(=O)Nc3c(Br)cc(C)cc3Br)n2N)c1. The quantitative estimate of drug-likeness (QED) is 0.389. The van der Waals surface area contributed by atoms with Gasteiger partial charge in [0.15, 0.2) is 5.82 Å². The van der Waals surface area contributed by atoms with Gasteiger partial charge in [0, 0.05) is 14.5 Å². The number of nitrogens with one attached hydrogen (secondary N) is 1. The Balaban J connectivity index is 1.68. The van der Waals surface area contributed by atoms with Crippen LogP contribution in [0.3, 0.4) is 0 Å². The first-order valence-corrected chi connectivity index (χ1v) is 10.6. The van der Waals surface area contributed by atoms with Gasteiger partial charge in [0.25, 0.3) is 0 Å². The third-order valence-electron chi connectivity index (χ3n) is 3.72. The Morgan fingerprint density at radius 2 is 1.85 bits per heavy atom. The Morgan fingerprint density at radius 1 is 1.15 bits per heavy atom. The lowest BCUT2D eigenvalue weighted by molar-refractivity contribution is -0.113. The predicted molar refractivity (Wildman–Crippen MR) is 116 cm³/mol. The van der Waals surface area contributed by atoms with Crippen molar-refractivity contribution < 1.29 is 4.79 Å². The number of hydrogen-bond donors (Lipinski definition) is 2. The Morgan fingerprint density at radius 3 is 2.52 bits per heavy atom. The van der Waals surface area contributed by atoms with E-state index in [1.165, 1.54) is 16.4 Å². The molecule has 0 aliphatic carbocycles. The number of carbonyl (C=O) groups is 1. The minimum atomic E-state index is -0.162. The Hall–Kier alpha value is -1.84. The number of aromatic nitrogens is 3. The number of nitrogens with two attached hydrogens (primary N) is 1. The number of halogens is 2. The molecule has 3 rings (SSSR count). The molecule has 27 heavy (non-hydrogen) atoms. The van der Waals surface area contributed by atoms with Crippen LogP contribution < -0.4 is 11.2 Å². The summed E-state index contributed by atoms with van der Waals surface area (Å²) in [7, 11) is 0. The maximum Gasteiger partial charge on any atom is 0.234 e. The third kappa shape index (κ3) is 4.72. The molecule has 1 amide bonds. The Kier molecular flexibility index (Phi) is 6.23. The van der Waals surface area contributed by atoms with E-state index in [0.717, 1.165) is 25.6 Å². The van der Waals surface area contributed by atoms with Crippen molar-refractivity contribution >= 4 is 55.2 Å². The summed E-state index contributed by atoms with van der Waals surface area (Å²) in [5.41, 5.74) is 3.77. The number of benzene rings is 2. The van der Waals surface area contributed by atoms with Crippen LogP contribution in [0.1, 0.15) is 11.1 Å². The van der Waals surface area contributed by atoms with E-state index in [1.807, 2.05) is 50.2 Å². The van der Waals surface area contributed by atoms with Crippen LogP contribution in [0.15, 0.2) is 50.5 Å². The summed E-state index contributed by atoms with van der Waals surface area (Å²) in [5, 5.41) is 11.6. The van der Waals surface area contributed by atoms with Gasteiger partial charge in [-0.3, -0.25) is 4.79 Å². The zero-order valence-corrected chi connectivity index (χ0v) is 18.7. The van der Waals surface area contributed by atoms with Crippen LogP contribution in [0.4, 0.5) is 5.69 Å². The molecular weight excluding hydrogens is 494 g/mol. The highest BCUT2D eigenvalue weighted by atomic mass is 79.9. The number of rotatable bonds is 5. The second-order valence-electron chi connectivity index (χ2n) is 5.99. The molecule has 0 aliphatic heterocycles. The van der Waals surface area contributed by atoms with Crippen LogP contribution in [-0.2, 0) is 4.79 Å². The van der Waals surface area contributed by atoms with Gasteiger partial charge < -0.3 is 11.2 Å². The standard InChI is InChI=1S/C18H17Br2N5OS/c1-10-4-3-5-12(6-10)17-23-24-18(25(17)21)27-9-15(26)22-16-13(19)7-11(2)8-14(16)20/h3-8H,9,21H2,1-2H3,(H,22,26). The molecule has 3 aromatic rings. The number of anilines is 1. The van der Waals surface area contributed by atoms with E-state index in [-0.39, 0.29) is 11.7 Å². The summed E-state index contributed by atoms with van der Waals surface area (Å²) in [6, 6.07) is 11.7. The zero-order valence-electron chi connectivity index (χ0n) is 14.7. The van der Waals surface area contributed by atoms with Gasteiger partial charge in [-0.25, -0.2) is 4.68 Å². The molecule has 1 aromatic heterocycles. The van der Waals surface area contributed by atoms with Crippen molar-refractivity contribution in [2.45, 2.75) is 19.0 Å². The van der Waals surface area contributed by atoms with Crippen molar-refractivity contribution in [1.82, 2.24) is 14.9 Å². The summed E-state index contributed by atoms with van der Waals surface area (Å²) in [5.74, 6) is 6.67. The molecule has 0 fully saturated rings. The van der Waals surface area contributed by atoms with Crippen LogP contribution in [-0.4, -0.2) is 26.5 Å². The molecule has 9 heteroatoms. The number of hydrogen-bond acceptors (Lipinski definition) is 5. The molecule has 0 spiro atoms. The van der Waals surface area contributed by atoms with E-state index in [0.29, 0.717) is 16.7 Å². The molecule has 0 bridgehead atoms. The van der Waals surface area contributed by atoms with Crippen LogP contribution in [0, 0.1) is 13.8 Å². The van der Waals surface area contributed by atoms with Crippen molar-refractivity contribution in [1.29, 1.82) is 0 Å². The summed E-state index contributed by atoms with van der Waals surface area (Å²) >= 11 is 8.17. The fraction of sp³-hybridized carbons (Fsp3) is 0.167. The molecule has 6 nitrogen and oxygen atoms in total. The summed E-state index contributed by atoms with van der Waals surface area (Å²) in [6.45, 7) is 3.99. The van der Waals surface area contributed by atoms with Crippen molar-refractivity contribution in [2.24, 2.45) is 0 Å². The van der Waals surface area contributed by atoms with Gasteiger partial charge in [-0.15, -0.1) is 10.2 Å². The lowest BCUT2D eigenvalue weighted by Crippen LogP contribution is -2.17. The molecule has 0 atom stereocenters. The number of nitrogens with zero attached hydrogens (tertiary/aromatic N) is 3. The van der Waals surface area contributed by atoms with Gasteiger partial charge in [-0.05, 0) is 69.5 Å². The smallest absolute Gasteiger partial charge is 0.234 e. The van der Waals surface area contributed by atoms with Crippen molar-refractivity contribution in [3.8, 4) is 11.4 Å². The first kappa shape index (κ1) is 19.9. The molecule has 3 N–H and O–H groups in total. The molecule has 1 heterocycles. The average Bonchev–Trinajstić information content (AvgIpc) is 2.97. The van der Waals surface area contributed by atoms with Crippen LogP contribution >= 0.6 is 43.6 Å². The monoisotopic (exact) mass is 509 g/mol. The Labute approximate surface area is 178 Å². The highest BCUT2D eigenvalue weighted by Crippen LogP contribution is 2.32. The van der Waals surface area contributed by atoms with E-state index >= 15 is 0 Å². The highest BCUT2D eigenvalue weighted by Gasteiger charge is 2.15. The second-order valence-corrected chi connectivity index (χ2v) is 8.64. The summed E-state index contributed by atoms with van der Waals surface area (Å²) in [4.78, 5) is 12.3. The number of carbonyl (C=O) groups excluding carboxylic acids is 1. The van der Waals surface area contributed by atoms with E-state index < -0.39 is 0 Å². The first-order chi connectivity index (χ1) is 12.8. The number of aryl methyl sites for hydroxylation is 2.